The molecule has 0 aliphatic carbocycles. The quantitative estimate of drug-likeness (QED) is 0.200. The van der Waals surface area contributed by atoms with Crippen LogP contribution < -0.4 is 4.90 Å². The molecule has 3 heterocycles. The van der Waals surface area contributed by atoms with E-state index in [1.54, 1.807) is 0 Å². The number of fused-ring (bicyclic) bond motifs is 6. The van der Waals surface area contributed by atoms with Gasteiger partial charge in [0.05, 0.1) is 23.1 Å². The van der Waals surface area contributed by atoms with Crippen molar-refractivity contribution in [2.24, 2.45) is 0 Å². The van der Waals surface area contributed by atoms with E-state index in [0.29, 0.717) is 0 Å². The number of anilines is 3. The van der Waals surface area contributed by atoms with Crippen LogP contribution in [0.3, 0.4) is 0 Å². The third-order valence-electron chi connectivity index (χ3n) is 9.81. The second-order valence-corrected chi connectivity index (χ2v) is 12.9. The zero-order valence-electron chi connectivity index (χ0n) is 26.4. The van der Waals surface area contributed by atoms with E-state index in [-0.39, 0.29) is 5.41 Å². The zero-order chi connectivity index (χ0) is 31.5. The van der Waals surface area contributed by atoms with Crippen molar-refractivity contribution >= 4 is 39.0 Å². The second-order valence-electron chi connectivity index (χ2n) is 12.9. The molecule has 0 fully saturated rings. The molecule has 9 rings (SSSR count). The van der Waals surface area contributed by atoms with E-state index < -0.39 is 0 Å². The standard InChI is InChI=1S/C44H33N3/c1-44(2)37-18-10-12-20-39(37)46(34-25-21-32(22-26-34)30-13-5-3-6-14-30)40-29-45-43-41(42(40)44)36-17-9-11-19-38(36)47(43)35-27-23-33(24-28-35)31-15-7-4-8-16-31/h3-29H,1-2H3. The molecule has 8 aromatic rings. The molecule has 224 valence electrons. The maximum atomic E-state index is 5.29. The second kappa shape index (κ2) is 10.6. The predicted molar refractivity (Wildman–Crippen MR) is 196 cm³/mol. The average molecular weight is 604 g/mol. The van der Waals surface area contributed by atoms with E-state index in [0.717, 1.165) is 28.2 Å². The summed E-state index contributed by atoms with van der Waals surface area (Å²) in [6.07, 6.45) is 2.09. The van der Waals surface area contributed by atoms with Crippen molar-refractivity contribution in [2.75, 3.05) is 4.90 Å². The molecule has 0 spiro atoms. The minimum Gasteiger partial charge on any atom is -0.308 e. The highest BCUT2D eigenvalue weighted by Crippen LogP contribution is 2.55. The lowest BCUT2D eigenvalue weighted by Crippen LogP contribution is -2.31. The summed E-state index contributed by atoms with van der Waals surface area (Å²) in [5.74, 6) is 0. The Morgan fingerprint density at radius 3 is 1.68 bits per heavy atom. The lowest BCUT2D eigenvalue weighted by molar-refractivity contribution is 0.637. The van der Waals surface area contributed by atoms with Crippen LogP contribution in [0.2, 0.25) is 0 Å². The van der Waals surface area contributed by atoms with Crippen LogP contribution in [0.25, 0.3) is 49.9 Å². The number of benzene rings is 6. The Morgan fingerprint density at radius 2 is 1.02 bits per heavy atom. The van der Waals surface area contributed by atoms with Crippen molar-refractivity contribution in [3.8, 4) is 27.9 Å². The van der Waals surface area contributed by atoms with Crippen LogP contribution >= 0.6 is 0 Å². The highest BCUT2D eigenvalue weighted by molar-refractivity contribution is 6.12. The van der Waals surface area contributed by atoms with Gasteiger partial charge in [0.25, 0.3) is 0 Å². The summed E-state index contributed by atoms with van der Waals surface area (Å²) in [4.78, 5) is 7.69. The molecule has 6 aromatic carbocycles. The van der Waals surface area contributed by atoms with Gasteiger partial charge in [0.1, 0.15) is 5.65 Å². The number of hydrogen-bond acceptors (Lipinski definition) is 2. The van der Waals surface area contributed by atoms with Gasteiger partial charge in [-0.15, -0.1) is 0 Å². The smallest absolute Gasteiger partial charge is 0.146 e. The van der Waals surface area contributed by atoms with Gasteiger partial charge in [0, 0.05) is 27.6 Å². The largest absolute Gasteiger partial charge is 0.308 e. The van der Waals surface area contributed by atoms with Crippen molar-refractivity contribution in [3.63, 3.8) is 0 Å². The lowest BCUT2D eigenvalue weighted by Gasteiger charge is -2.42. The normalized spacial score (nSPS) is 13.4. The Morgan fingerprint density at radius 1 is 0.489 bits per heavy atom. The first-order valence-corrected chi connectivity index (χ1v) is 16.2. The molecule has 3 nitrogen and oxygen atoms in total. The lowest BCUT2D eigenvalue weighted by atomic mass is 9.72. The number of aromatic nitrogens is 2. The summed E-state index contributed by atoms with van der Waals surface area (Å²) >= 11 is 0. The van der Waals surface area contributed by atoms with Crippen molar-refractivity contribution in [3.05, 3.63) is 175 Å². The van der Waals surface area contributed by atoms with Gasteiger partial charge in [-0.2, -0.15) is 0 Å². The van der Waals surface area contributed by atoms with E-state index in [1.165, 1.54) is 49.8 Å². The zero-order valence-corrected chi connectivity index (χ0v) is 26.4. The molecule has 2 aromatic heterocycles. The van der Waals surface area contributed by atoms with Crippen LogP contribution in [-0.2, 0) is 5.41 Å². The summed E-state index contributed by atoms with van der Waals surface area (Å²) in [5, 5.41) is 2.42. The summed E-state index contributed by atoms with van der Waals surface area (Å²) in [5.41, 5.74) is 13.8. The summed E-state index contributed by atoms with van der Waals surface area (Å²) in [7, 11) is 0. The fourth-order valence-corrected chi connectivity index (χ4v) is 7.58. The molecule has 3 heteroatoms. The van der Waals surface area contributed by atoms with Gasteiger partial charge in [-0.25, -0.2) is 4.98 Å². The molecule has 0 saturated heterocycles. The number of para-hydroxylation sites is 2. The number of hydrogen-bond donors (Lipinski definition) is 0. The summed E-state index contributed by atoms with van der Waals surface area (Å²) in [6.45, 7) is 4.72. The van der Waals surface area contributed by atoms with Gasteiger partial charge >= 0.3 is 0 Å². The Hall–Kier alpha value is -5.93. The molecule has 0 unspecified atom stereocenters. The highest BCUT2D eigenvalue weighted by atomic mass is 15.2. The molecule has 0 atom stereocenters. The SMILES string of the molecule is CC1(C)c2ccccc2N(c2ccc(-c3ccccc3)cc2)c2cnc3c(c21)c1ccccc1n3-c1ccc(-c2ccccc2)cc1. The number of rotatable bonds is 4. The van der Waals surface area contributed by atoms with E-state index in [2.05, 4.69) is 187 Å². The molecule has 1 aliphatic heterocycles. The van der Waals surface area contributed by atoms with Crippen molar-refractivity contribution < 1.29 is 0 Å². The molecule has 0 saturated carbocycles. The third kappa shape index (κ3) is 4.24. The predicted octanol–water partition coefficient (Wildman–Crippen LogP) is 11.6. The van der Waals surface area contributed by atoms with E-state index in [4.69, 9.17) is 4.98 Å². The topological polar surface area (TPSA) is 21.1 Å². The fourth-order valence-electron chi connectivity index (χ4n) is 7.58. The van der Waals surface area contributed by atoms with Crippen molar-refractivity contribution in [1.29, 1.82) is 0 Å². The van der Waals surface area contributed by atoms with Gasteiger partial charge in [-0.1, -0.05) is 135 Å². The van der Waals surface area contributed by atoms with Gasteiger partial charge in [-0.3, -0.25) is 4.57 Å². The van der Waals surface area contributed by atoms with E-state index in [9.17, 15) is 0 Å². The highest BCUT2D eigenvalue weighted by Gasteiger charge is 2.39. The molecule has 0 N–H and O–H groups in total. The first-order chi connectivity index (χ1) is 23.1. The van der Waals surface area contributed by atoms with Crippen molar-refractivity contribution in [2.45, 2.75) is 19.3 Å². The molecular formula is C44H33N3. The van der Waals surface area contributed by atoms with E-state index in [1.807, 2.05) is 0 Å². The molecular weight excluding hydrogens is 571 g/mol. The Labute approximate surface area is 275 Å². The molecule has 0 bridgehead atoms. The first-order valence-electron chi connectivity index (χ1n) is 16.2. The molecule has 0 amide bonds. The van der Waals surface area contributed by atoms with Gasteiger partial charge in [0.15, 0.2) is 0 Å². The Balaban J connectivity index is 1.27. The van der Waals surface area contributed by atoms with Crippen LogP contribution in [0.1, 0.15) is 25.0 Å². The van der Waals surface area contributed by atoms with Crippen LogP contribution in [0.15, 0.2) is 164 Å². The van der Waals surface area contributed by atoms with E-state index >= 15 is 0 Å². The van der Waals surface area contributed by atoms with Crippen LogP contribution in [-0.4, -0.2) is 9.55 Å². The monoisotopic (exact) mass is 603 g/mol. The van der Waals surface area contributed by atoms with Gasteiger partial charge < -0.3 is 4.90 Å². The Kier molecular flexibility index (Phi) is 6.16. The van der Waals surface area contributed by atoms with Crippen molar-refractivity contribution in [1.82, 2.24) is 9.55 Å². The number of nitrogens with zero attached hydrogens (tertiary/aromatic N) is 3. The number of pyridine rings is 1. The Bertz CT molecular complexity index is 2400. The van der Waals surface area contributed by atoms with Crippen LogP contribution in [0.5, 0.6) is 0 Å². The molecule has 47 heavy (non-hydrogen) atoms. The third-order valence-corrected chi connectivity index (χ3v) is 9.81. The molecule has 0 radical (unpaired) electrons. The minimum atomic E-state index is -0.264. The summed E-state index contributed by atoms with van der Waals surface area (Å²) < 4.78 is 2.33. The minimum absolute atomic E-state index is 0.264. The van der Waals surface area contributed by atoms with Crippen LogP contribution in [0.4, 0.5) is 17.1 Å². The van der Waals surface area contributed by atoms with Gasteiger partial charge in [-0.05, 0) is 69.8 Å². The fraction of sp³-hybridized carbons (Fsp3) is 0.0682. The summed E-state index contributed by atoms with van der Waals surface area (Å²) in [6, 6.07) is 56.5. The first kappa shape index (κ1) is 27.4. The van der Waals surface area contributed by atoms with Gasteiger partial charge in [0.2, 0.25) is 0 Å². The maximum absolute atomic E-state index is 5.29. The molecule has 1 aliphatic rings. The average Bonchev–Trinajstić information content (AvgIpc) is 3.47. The van der Waals surface area contributed by atoms with Crippen LogP contribution in [0, 0.1) is 0 Å². The maximum Gasteiger partial charge on any atom is 0.146 e.